The highest BCUT2D eigenvalue weighted by molar-refractivity contribution is 5.77. The van der Waals surface area contributed by atoms with Gasteiger partial charge in [0.2, 0.25) is 0 Å². The zero-order valence-electron chi connectivity index (χ0n) is 20.2. The van der Waals surface area contributed by atoms with Crippen LogP contribution in [0.1, 0.15) is 136 Å². The van der Waals surface area contributed by atoms with Crippen LogP contribution < -0.4 is 0 Å². The summed E-state index contributed by atoms with van der Waals surface area (Å²) < 4.78 is 0. The summed E-state index contributed by atoms with van der Waals surface area (Å²) in [6.07, 6.45) is 30.0. The van der Waals surface area contributed by atoms with Gasteiger partial charge in [-0.15, -0.1) is 0 Å². The molecule has 170 valence electrons. The molecule has 0 aromatic heterocycles. The number of allylic oxidation sites excluding steroid dienone is 3. The van der Waals surface area contributed by atoms with E-state index in [9.17, 15) is 4.79 Å². The lowest BCUT2D eigenvalue weighted by atomic mass is 9.87. The molecule has 1 nitrogen and oxygen atoms in total. The molecular formula is C28H52O. The van der Waals surface area contributed by atoms with E-state index >= 15 is 0 Å². The third kappa shape index (κ3) is 17.7. The van der Waals surface area contributed by atoms with Crippen LogP contribution in [0.25, 0.3) is 0 Å². The van der Waals surface area contributed by atoms with Gasteiger partial charge in [-0.3, -0.25) is 4.79 Å². The van der Waals surface area contributed by atoms with Crippen molar-refractivity contribution in [3.63, 3.8) is 0 Å². The number of unbranched alkanes of at least 4 members (excludes halogenated alkanes) is 8. The van der Waals surface area contributed by atoms with Crippen LogP contribution in [-0.2, 0) is 4.79 Å². The van der Waals surface area contributed by atoms with Gasteiger partial charge in [0.1, 0.15) is 5.78 Å². The summed E-state index contributed by atoms with van der Waals surface area (Å²) in [5, 5.41) is 0. The summed E-state index contributed by atoms with van der Waals surface area (Å²) in [6.45, 7) is 10.1. The SMILES string of the molecule is C=C/C=C/CCC[C@H]1CCC[C@@H]1CCCCCCCC.CCCCCC(=O)CC. The van der Waals surface area contributed by atoms with Crippen LogP contribution >= 0.6 is 0 Å². The third-order valence-electron chi connectivity index (χ3n) is 6.42. The molecule has 0 N–H and O–H groups in total. The van der Waals surface area contributed by atoms with E-state index in [0.717, 1.165) is 24.7 Å². The Morgan fingerprint density at radius 2 is 1.41 bits per heavy atom. The minimum Gasteiger partial charge on any atom is -0.300 e. The average molecular weight is 405 g/mol. The van der Waals surface area contributed by atoms with Gasteiger partial charge in [-0.2, -0.15) is 0 Å². The highest BCUT2D eigenvalue weighted by Crippen LogP contribution is 2.38. The van der Waals surface area contributed by atoms with Crippen LogP contribution in [-0.4, -0.2) is 5.78 Å². The zero-order chi connectivity index (χ0) is 21.6. The summed E-state index contributed by atoms with van der Waals surface area (Å²) in [4.78, 5) is 10.7. The molecule has 0 spiro atoms. The Balaban J connectivity index is 0.000000734. The number of carbonyl (C=O) groups excluding carboxylic acids is 1. The van der Waals surface area contributed by atoms with Crippen LogP contribution in [0.15, 0.2) is 24.8 Å². The van der Waals surface area contributed by atoms with Gasteiger partial charge in [-0.1, -0.05) is 123 Å². The van der Waals surface area contributed by atoms with Crippen LogP contribution in [0.5, 0.6) is 0 Å². The molecule has 0 aromatic rings. The van der Waals surface area contributed by atoms with Crippen molar-refractivity contribution in [3.05, 3.63) is 24.8 Å². The number of Topliss-reactive ketones (excluding diaryl/α,β-unsaturated/α-hetero) is 1. The van der Waals surface area contributed by atoms with Crippen molar-refractivity contribution < 1.29 is 4.79 Å². The largest absolute Gasteiger partial charge is 0.300 e. The first-order valence-electron chi connectivity index (χ1n) is 13.0. The van der Waals surface area contributed by atoms with Crippen LogP contribution in [0.2, 0.25) is 0 Å². The van der Waals surface area contributed by atoms with E-state index in [4.69, 9.17) is 0 Å². The first-order valence-corrected chi connectivity index (χ1v) is 13.0. The molecule has 1 aliphatic rings. The van der Waals surface area contributed by atoms with Crippen molar-refractivity contribution in [2.45, 2.75) is 136 Å². The predicted octanol–water partition coefficient (Wildman–Crippen LogP) is 9.61. The molecule has 0 unspecified atom stereocenters. The number of ketones is 1. The number of rotatable bonds is 17. The second kappa shape index (κ2) is 21.8. The van der Waals surface area contributed by atoms with E-state index in [1.165, 1.54) is 96.3 Å². The smallest absolute Gasteiger partial charge is 0.132 e. The first-order chi connectivity index (χ1) is 14.2. The molecule has 0 amide bonds. The van der Waals surface area contributed by atoms with Gasteiger partial charge >= 0.3 is 0 Å². The molecule has 1 aliphatic carbocycles. The Labute approximate surface area is 183 Å². The van der Waals surface area contributed by atoms with Crippen molar-refractivity contribution >= 4 is 5.78 Å². The Hall–Kier alpha value is -0.850. The number of hydrogen-bond donors (Lipinski definition) is 0. The Morgan fingerprint density at radius 1 is 0.828 bits per heavy atom. The van der Waals surface area contributed by atoms with E-state index in [-0.39, 0.29) is 0 Å². The molecule has 0 bridgehead atoms. The lowest BCUT2D eigenvalue weighted by Crippen LogP contribution is -2.07. The highest BCUT2D eigenvalue weighted by Gasteiger charge is 2.25. The maximum Gasteiger partial charge on any atom is 0.132 e. The van der Waals surface area contributed by atoms with Crippen molar-refractivity contribution in [2.24, 2.45) is 11.8 Å². The normalized spacial score (nSPS) is 18.6. The van der Waals surface area contributed by atoms with Crippen molar-refractivity contribution in [2.75, 3.05) is 0 Å². The lowest BCUT2D eigenvalue weighted by molar-refractivity contribution is -0.118. The molecular weight excluding hydrogens is 352 g/mol. The van der Waals surface area contributed by atoms with Crippen molar-refractivity contribution in [1.29, 1.82) is 0 Å². The molecule has 1 heteroatoms. The standard InChI is InChI=1S/C20H36.C8H16O/c1-3-5-7-9-11-13-16-20-18-14-17-19(20)15-12-10-8-6-4-2;1-3-5-6-7-8(9)4-2/h4,6,8,19-20H,2-3,5,7,9-18H2,1H3;3-7H2,1-2H3/b8-6+;/t19-,20-;/m0./s1. The van der Waals surface area contributed by atoms with E-state index in [1.54, 1.807) is 0 Å². The third-order valence-corrected chi connectivity index (χ3v) is 6.42. The molecule has 1 fully saturated rings. The van der Waals surface area contributed by atoms with Crippen LogP contribution in [0.3, 0.4) is 0 Å². The van der Waals surface area contributed by atoms with Gasteiger partial charge in [-0.05, 0) is 37.5 Å². The zero-order valence-corrected chi connectivity index (χ0v) is 20.2. The average Bonchev–Trinajstić information content (AvgIpc) is 3.18. The topological polar surface area (TPSA) is 17.1 Å². The molecule has 0 heterocycles. The van der Waals surface area contributed by atoms with Gasteiger partial charge in [-0.25, -0.2) is 0 Å². The van der Waals surface area contributed by atoms with Gasteiger partial charge in [0, 0.05) is 12.8 Å². The number of hydrogen-bond acceptors (Lipinski definition) is 1. The molecule has 0 aromatic carbocycles. The minimum atomic E-state index is 0.406. The quantitative estimate of drug-likeness (QED) is 0.174. The van der Waals surface area contributed by atoms with Gasteiger partial charge in [0.15, 0.2) is 0 Å². The fourth-order valence-electron chi connectivity index (χ4n) is 4.50. The molecule has 1 saturated carbocycles. The second-order valence-electron chi connectivity index (χ2n) is 8.95. The summed E-state index contributed by atoms with van der Waals surface area (Å²) in [5.74, 6) is 2.51. The fourth-order valence-corrected chi connectivity index (χ4v) is 4.50. The van der Waals surface area contributed by atoms with Crippen LogP contribution in [0.4, 0.5) is 0 Å². The minimum absolute atomic E-state index is 0.406. The Bertz CT molecular complexity index is 395. The predicted molar refractivity (Wildman–Crippen MR) is 131 cm³/mol. The van der Waals surface area contributed by atoms with E-state index in [0.29, 0.717) is 12.2 Å². The summed E-state index contributed by atoms with van der Waals surface area (Å²) in [6, 6.07) is 0. The monoisotopic (exact) mass is 404 g/mol. The summed E-state index contributed by atoms with van der Waals surface area (Å²) in [5.41, 5.74) is 0. The first kappa shape index (κ1) is 28.1. The lowest BCUT2D eigenvalue weighted by Gasteiger charge is -2.19. The summed E-state index contributed by atoms with van der Waals surface area (Å²) in [7, 11) is 0. The van der Waals surface area contributed by atoms with E-state index in [2.05, 4.69) is 32.6 Å². The van der Waals surface area contributed by atoms with Crippen molar-refractivity contribution in [3.8, 4) is 0 Å². The maximum absolute atomic E-state index is 10.7. The van der Waals surface area contributed by atoms with Gasteiger partial charge < -0.3 is 0 Å². The van der Waals surface area contributed by atoms with E-state index in [1.807, 2.05) is 13.0 Å². The molecule has 2 atom stereocenters. The maximum atomic E-state index is 10.7. The Morgan fingerprint density at radius 3 is 2.03 bits per heavy atom. The van der Waals surface area contributed by atoms with E-state index < -0.39 is 0 Å². The second-order valence-corrected chi connectivity index (χ2v) is 8.95. The highest BCUT2D eigenvalue weighted by atomic mass is 16.1. The van der Waals surface area contributed by atoms with Crippen LogP contribution in [0, 0.1) is 11.8 Å². The molecule has 0 aliphatic heterocycles. The van der Waals surface area contributed by atoms with Crippen molar-refractivity contribution in [1.82, 2.24) is 0 Å². The van der Waals surface area contributed by atoms with Gasteiger partial charge in [0.25, 0.3) is 0 Å². The van der Waals surface area contributed by atoms with Gasteiger partial charge in [0.05, 0.1) is 0 Å². The molecule has 0 saturated heterocycles. The summed E-state index contributed by atoms with van der Waals surface area (Å²) >= 11 is 0. The molecule has 1 rings (SSSR count). The molecule has 0 radical (unpaired) electrons. The fraction of sp³-hybridized carbons (Fsp3) is 0.821. The Kier molecular flexibility index (Phi) is 21.2. The molecule has 29 heavy (non-hydrogen) atoms. The number of carbonyl (C=O) groups is 1.